The van der Waals surface area contributed by atoms with Crippen molar-refractivity contribution < 1.29 is 4.74 Å². The van der Waals surface area contributed by atoms with Crippen LogP contribution in [0.25, 0.3) is 0 Å². The zero-order valence-corrected chi connectivity index (χ0v) is 14.7. The van der Waals surface area contributed by atoms with E-state index in [1.165, 1.54) is 5.56 Å². The first kappa shape index (κ1) is 17.3. The second kappa shape index (κ2) is 7.13. The molecule has 0 heterocycles. The van der Waals surface area contributed by atoms with Gasteiger partial charge in [0.1, 0.15) is 23.6 Å². The van der Waals surface area contributed by atoms with Crippen molar-refractivity contribution >= 4 is 0 Å². The van der Waals surface area contributed by atoms with Crippen molar-refractivity contribution in [2.45, 2.75) is 19.3 Å². The molecule has 0 aliphatic heterocycles. The lowest BCUT2D eigenvalue weighted by atomic mass is 9.78. The first-order valence-corrected chi connectivity index (χ1v) is 8.33. The van der Waals surface area contributed by atoms with Gasteiger partial charge in [0.25, 0.3) is 0 Å². The van der Waals surface area contributed by atoms with E-state index in [1.807, 2.05) is 48.5 Å². The predicted octanol–water partition coefficient (Wildman–Crippen LogP) is 5.55. The molecular weight excluding hydrogens is 320 g/mol. The zero-order chi connectivity index (χ0) is 18.6. The van der Waals surface area contributed by atoms with E-state index in [-0.39, 0.29) is 5.41 Å². The van der Waals surface area contributed by atoms with Gasteiger partial charge in [-0.1, -0.05) is 56.3 Å². The minimum atomic E-state index is -0.164. The molecule has 0 aliphatic rings. The average Bonchev–Trinajstić information content (AvgIpc) is 2.68. The summed E-state index contributed by atoms with van der Waals surface area (Å²) in [4.78, 5) is 0. The fraction of sp³-hybridized carbons (Fsp3) is 0.130. The van der Waals surface area contributed by atoms with Crippen molar-refractivity contribution in [3.63, 3.8) is 0 Å². The molecule has 0 amide bonds. The highest BCUT2D eigenvalue weighted by atomic mass is 16.5. The van der Waals surface area contributed by atoms with Gasteiger partial charge in [-0.2, -0.15) is 10.5 Å². The van der Waals surface area contributed by atoms with Crippen LogP contribution in [0.5, 0.6) is 11.5 Å². The Balaban J connectivity index is 1.91. The molecule has 0 atom stereocenters. The molecule has 0 aliphatic carbocycles. The summed E-state index contributed by atoms with van der Waals surface area (Å²) in [6.45, 7) is 4.36. The zero-order valence-electron chi connectivity index (χ0n) is 14.7. The number of ether oxygens (including phenoxy) is 1. The molecule has 0 saturated heterocycles. The Morgan fingerprint density at radius 2 is 1.35 bits per heavy atom. The summed E-state index contributed by atoms with van der Waals surface area (Å²) >= 11 is 0. The number of rotatable bonds is 4. The largest absolute Gasteiger partial charge is 0.457 e. The lowest BCUT2D eigenvalue weighted by molar-refractivity contribution is 0.479. The van der Waals surface area contributed by atoms with E-state index in [0.29, 0.717) is 22.6 Å². The standard InChI is InChI=1S/C23H18N2O/c1-23(2,19-7-4-3-5-8-19)20-9-6-10-21(14-20)26-22-12-11-17(15-24)18(13-22)16-25/h3-14H,1-2H3. The van der Waals surface area contributed by atoms with Crippen LogP contribution in [0.1, 0.15) is 36.1 Å². The SMILES string of the molecule is CC(C)(c1ccccc1)c1cccc(Oc2ccc(C#N)c(C#N)c2)c1. The van der Waals surface area contributed by atoms with Crippen molar-refractivity contribution in [3.8, 4) is 23.6 Å². The third-order valence-electron chi connectivity index (χ3n) is 4.52. The van der Waals surface area contributed by atoms with Crippen LogP contribution in [0.4, 0.5) is 0 Å². The maximum absolute atomic E-state index is 9.16. The van der Waals surface area contributed by atoms with E-state index in [0.717, 1.165) is 5.56 Å². The molecule has 0 aromatic heterocycles. The number of hydrogen-bond donors (Lipinski definition) is 0. The monoisotopic (exact) mass is 338 g/mol. The smallest absolute Gasteiger partial charge is 0.128 e. The summed E-state index contributed by atoms with van der Waals surface area (Å²) in [5, 5.41) is 18.2. The lowest BCUT2D eigenvalue weighted by Crippen LogP contribution is -2.18. The van der Waals surface area contributed by atoms with E-state index in [1.54, 1.807) is 18.2 Å². The highest BCUT2D eigenvalue weighted by Gasteiger charge is 2.23. The van der Waals surface area contributed by atoms with Crippen LogP contribution in [0.3, 0.4) is 0 Å². The van der Waals surface area contributed by atoms with E-state index in [4.69, 9.17) is 15.3 Å². The van der Waals surface area contributed by atoms with Gasteiger partial charge in [-0.3, -0.25) is 0 Å². The van der Waals surface area contributed by atoms with Gasteiger partial charge < -0.3 is 4.74 Å². The van der Waals surface area contributed by atoms with Crippen LogP contribution >= 0.6 is 0 Å². The number of nitrogens with zero attached hydrogens (tertiary/aromatic N) is 2. The summed E-state index contributed by atoms with van der Waals surface area (Å²) in [7, 11) is 0. The molecule has 3 rings (SSSR count). The van der Waals surface area contributed by atoms with E-state index >= 15 is 0 Å². The van der Waals surface area contributed by atoms with Gasteiger partial charge in [0.15, 0.2) is 0 Å². The molecular formula is C23H18N2O. The molecule has 0 radical (unpaired) electrons. The second-order valence-corrected chi connectivity index (χ2v) is 6.55. The Labute approximate surface area is 153 Å². The van der Waals surface area contributed by atoms with Crippen LogP contribution in [0, 0.1) is 22.7 Å². The van der Waals surface area contributed by atoms with Crippen LogP contribution in [0.2, 0.25) is 0 Å². The maximum atomic E-state index is 9.16. The topological polar surface area (TPSA) is 56.8 Å². The lowest BCUT2D eigenvalue weighted by Gasteiger charge is -2.26. The fourth-order valence-corrected chi connectivity index (χ4v) is 2.88. The van der Waals surface area contributed by atoms with Crippen LogP contribution in [0.15, 0.2) is 72.8 Å². The number of benzene rings is 3. The van der Waals surface area contributed by atoms with Gasteiger partial charge in [-0.05, 0) is 41.5 Å². The molecule has 126 valence electrons. The Kier molecular flexibility index (Phi) is 4.74. The van der Waals surface area contributed by atoms with Gasteiger partial charge in [0.05, 0.1) is 11.1 Å². The summed E-state index contributed by atoms with van der Waals surface area (Å²) in [6.07, 6.45) is 0. The van der Waals surface area contributed by atoms with Gasteiger partial charge >= 0.3 is 0 Å². The molecule has 3 heteroatoms. The molecule has 0 fully saturated rings. The van der Waals surface area contributed by atoms with Crippen molar-refractivity contribution in [2.24, 2.45) is 0 Å². The van der Waals surface area contributed by atoms with Gasteiger partial charge in [-0.15, -0.1) is 0 Å². The average molecular weight is 338 g/mol. The first-order chi connectivity index (χ1) is 12.5. The molecule has 0 spiro atoms. The normalized spacial score (nSPS) is 10.6. The molecule has 3 aromatic rings. The number of hydrogen-bond acceptors (Lipinski definition) is 3. The van der Waals surface area contributed by atoms with E-state index < -0.39 is 0 Å². The molecule has 0 saturated carbocycles. The third kappa shape index (κ3) is 3.43. The van der Waals surface area contributed by atoms with E-state index in [2.05, 4.69) is 32.0 Å². The van der Waals surface area contributed by atoms with Gasteiger partial charge in [-0.25, -0.2) is 0 Å². The Bertz CT molecular complexity index is 1010. The first-order valence-electron chi connectivity index (χ1n) is 8.33. The van der Waals surface area contributed by atoms with Crippen LogP contribution in [-0.2, 0) is 5.41 Å². The summed E-state index contributed by atoms with van der Waals surface area (Å²) in [5.74, 6) is 1.23. The fourth-order valence-electron chi connectivity index (χ4n) is 2.88. The summed E-state index contributed by atoms with van der Waals surface area (Å²) in [6, 6.07) is 27.2. The van der Waals surface area contributed by atoms with E-state index in [9.17, 15) is 0 Å². The predicted molar refractivity (Wildman–Crippen MR) is 101 cm³/mol. The molecule has 0 bridgehead atoms. The Morgan fingerprint density at radius 3 is 2.04 bits per heavy atom. The van der Waals surface area contributed by atoms with Gasteiger partial charge in [0, 0.05) is 5.41 Å². The molecule has 0 N–H and O–H groups in total. The second-order valence-electron chi connectivity index (χ2n) is 6.55. The van der Waals surface area contributed by atoms with Crippen LogP contribution < -0.4 is 4.74 Å². The Morgan fingerprint density at radius 1 is 0.692 bits per heavy atom. The summed E-state index contributed by atoms with van der Waals surface area (Å²) < 4.78 is 5.93. The quantitative estimate of drug-likeness (QED) is 0.627. The summed E-state index contributed by atoms with van der Waals surface area (Å²) in [5.41, 5.74) is 2.85. The molecule has 3 nitrogen and oxygen atoms in total. The molecule has 3 aromatic carbocycles. The number of nitriles is 2. The highest BCUT2D eigenvalue weighted by Crippen LogP contribution is 2.34. The van der Waals surface area contributed by atoms with Gasteiger partial charge in [0.2, 0.25) is 0 Å². The van der Waals surface area contributed by atoms with Crippen molar-refractivity contribution in [2.75, 3.05) is 0 Å². The minimum absolute atomic E-state index is 0.164. The molecule has 0 unspecified atom stereocenters. The van der Waals surface area contributed by atoms with Crippen molar-refractivity contribution in [1.29, 1.82) is 10.5 Å². The highest BCUT2D eigenvalue weighted by molar-refractivity contribution is 5.50. The molecule has 26 heavy (non-hydrogen) atoms. The van der Waals surface area contributed by atoms with Crippen molar-refractivity contribution in [1.82, 2.24) is 0 Å². The minimum Gasteiger partial charge on any atom is -0.457 e. The van der Waals surface area contributed by atoms with Crippen LogP contribution in [-0.4, -0.2) is 0 Å². The Hall–Kier alpha value is -3.56. The maximum Gasteiger partial charge on any atom is 0.128 e. The van der Waals surface area contributed by atoms with Crippen molar-refractivity contribution in [3.05, 3.63) is 95.1 Å². The third-order valence-corrected chi connectivity index (χ3v) is 4.52.